The Balaban J connectivity index is 2.60. The predicted octanol–water partition coefficient (Wildman–Crippen LogP) is 0.274. The van der Waals surface area contributed by atoms with Crippen LogP contribution in [0.1, 0.15) is 32.1 Å². The monoisotopic (exact) mass is 258 g/mol. The molecule has 0 amide bonds. The molecule has 1 aliphatic rings. The molecule has 102 valence electrons. The van der Waals surface area contributed by atoms with Gasteiger partial charge in [-0.3, -0.25) is 0 Å². The molecule has 6 heteroatoms. The van der Waals surface area contributed by atoms with Gasteiger partial charge < -0.3 is 19.7 Å². The molecule has 1 aliphatic heterocycles. The number of esters is 2. The summed E-state index contributed by atoms with van der Waals surface area (Å²) in [6, 6.07) is 0. The molecular weight excluding hydrogens is 240 g/mol. The first kappa shape index (κ1) is 14.7. The summed E-state index contributed by atoms with van der Waals surface area (Å²) < 4.78 is 9.54. The standard InChI is InChI=1S/C12H18O6/c1-9(5-4-7-13)10(14)18-12(16)6-2-3-8-17-11(12)15/h13,16H,1-8H2. The highest BCUT2D eigenvalue weighted by atomic mass is 16.7. The molecule has 0 bridgehead atoms. The van der Waals surface area contributed by atoms with Gasteiger partial charge in [0, 0.05) is 18.6 Å². The minimum absolute atomic E-state index is 0.0187. The number of hydrogen-bond donors (Lipinski definition) is 2. The molecule has 2 N–H and O–H groups in total. The number of hydrogen-bond acceptors (Lipinski definition) is 6. The molecule has 1 saturated heterocycles. The number of aliphatic hydroxyl groups is 2. The molecule has 0 aliphatic carbocycles. The van der Waals surface area contributed by atoms with Crippen molar-refractivity contribution in [3.63, 3.8) is 0 Å². The van der Waals surface area contributed by atoms with Gasteiger partial charge in [0.25, 0.3) is 0 Å². The van der Waals surface area contributed by atoms with Crippen LogP contribution in [0.2, 0.25) is 0 Å². The summed E-state index contributed by atoms with van der Waals surface area (Å²) in [4.78, 5) is 23.1. The van der Waals surface area contributed by atoms with E-state index in [1.165, 1.54) is 0 Å². The first-order chi connectivity index (χ1) is 8.49. The summed E-state index contributed by atoms with van der Waals surface area (Å²) in [5, 5.41) is 18.6. The van der Waals surface area contributed by atoms with E-state index < -0.39 is 17.7 Å². The van der Waals surface area contributed by atoms with Gasteiger partial charge in [-0.05, 0) is 25.7 Å². The zero-order chi connectivity index (χ0) is 13.6. The topological polar surface area (TPSA) is 93.1 Å². The lowest BCUT2D eigenvalue weighted by Gasteiger charge is -2.23. The Bertz CT molecular complexity index is 337. The van der Waals surface area contributed by atoms with E-state index >= 15 is 0 Å². The molecule has 1 atom stereocenters. The molecule has 0 radical (unpaired) electrons. The van der Waals surface area contributed by atoms with Crippen LogP contribution in [0.15, 0.2) is 12.2 Å². The van der Waals surface area contributed by atoms with Crippen molar-refractivity contribution >= 4 is 11.9 Å². The Morgan fingerprint density at radius 1 is 1.50 bits per heavy atom. The maximum absolute atomic E-state index is 11.6. The highest BCUT2D eigenvalue weighted by Crippen LogP contribution is 2.23. The maximum Gasteiger partial charge on any atom is 0.379 e. The summed E-state index contributed by atoms with van der Waals surface area (Å²) in [5.41, 5.74) is 0.106. The highest BCUT2D eigenvalue weighted by molar-refractivity contribution is 5.90. The summed E-state index contributed by atoms with van der Waals surface area (Å²) in [7, 11) is 0. The van der Waals surface area contributed by atoms with E-state index in [2.05, 4.69) is 6.58 Å². The van der Waals surface area contributed by atoms with Crippen LogP contribution in [0, 0.1) is 0 Å². The van der Waals surface area contributed by atoms with E-state index in [-0.39, 0.29) is 31.6 Å². The normalized spacial score (nSPS) is 24.0. The predicted molar refractivity (Wildman–Crippen MR) is 61.3 cm³/mol. The molecular formula is C12H18O6. The van der Waals surface area contributed by atoms with E-state index in [9.17, 15) is 14.7 Å². The van der Waals surface area contributed by atoms with Crippen LogP contribution >= 0.6 is 0 Å². The van der Waals surface area contributed by atoms with Crippen molar-refractivity contribution in [2.24, 2.45) is 0 Å². The Morgan fingerprint density at radius 2 is 2.22 bits per heavy atom. The quantitative estimate of drug-likeness (QED) is 0.418. The molecule has 0 aromatic heterocycles. The van der Waals surface area contributed by atoms with Crippen LogP contribution < -0.4 is 0 Å². The molecule has 1 heterocycles. The van der Waals surface area contributed by atoms with Crippen LogP contribution in [0.25, 0.3) is 0 Å². The second-order valence-corrected chi connectivity index (χ2v) is 4.20. The SMILES string of the molecule is C=C(CCCO)C(=O)OC1(O)CCCCOC1=O. The van der Waals surface area contributed by atoms with E-state index in [1.807, 2.05) is 0 Å². The van der Waals surface area contributed by atoms with Crippen LogP contribution in [0.3, 0.4) is 0 Å². The first-order valence-electron chi connectivity index (χ1n) is 5.91. The smallest absolute Gasteiger partial charge is 0.379 e. The lowest BCUT2D eigenvalue weighted by Crippen LogP contribution is -2.43. The van der Waals surface area contributed by atoms with Gasteiger partial charge in [-0.15, -0.1) is 0 Å². The summed E-state index contributed by atoms with van der Waals surface area (Å²) >= 11 is 0. The highest BCUT2D eigenvalue weighted by Gasteiger charge is 2.43. The van der Waals surface area contributed by atoms with Crippen molar-refractivity contribution in [2.75, 3.05) is 13.2 Å². The minimum atomic E-state index is -2.21. The number of ether oxygens (including phenoxy) is 2. The number of cyclic esters (lactones) is 1. The van der Waals surface area contributed by atoms with Crippen molar-refractivity contribution in [1.82, 2.24) is 0 Å². The second kappa shape index (κ2) is 6.51. The number of aliphatic hydroxyl groups excluding tert-OH is 1. The van der Waals surface area contributed by atoms with Gasteiger partial charge in [0.15, 0.2) is 0 Å². The van der Waals surface area contributed by atoms with Gasteiger partial charge in [-0.2, -0.15) is 0 Å². The van der Waals surface area contributed by atoms with Crippen molar-refractivity contribution in [3.8, 4) is 0 Å². The number of carbonyl (C=O) groups excluding carboxylic acids is 2. The van der Waals surface area contributed by atoms with E-state index in [1.54, 1.807) is 0 Å². The van der Waals surface area contributed by atoms with Crippen molar-refractivity contribution in [2.45, 2.75) is 37.9 Å². The average Bonchev–Trinajstić information content (AvgIpc) is 2.49. The molecule has 0 aromatic carbocycles. The maximum atomic E-state index is 11.6. The van der Waals surface area contributed by atoms with Crippen LogP contribution in [-0.4, -0.2) is 41.2 Å². The fourth-order valence-corrected chi connectivity index (χ4v) is 1.56. The van der Waals surface area contributed by atoms with E-state index in [0.29, 0.717) is 19.3 Å². The molecule has 1 rings (SSSR count). The Kier molecular flexibility index (Phi) is 5.30. The molecule has 0 saturated carbocycles. The van der Waals surface area contributed by atoms with E-state index in [4.69, 9.17) is 14.6 Å². The zero-order valence-electron chi connectivity index (χ0n) is 10.2. The van der Waals surface area contributed by atoms with Gasteiger partial charge in [0.1, 0.15) is 0 Å². The lowest BCUT2D eigenvalue weighted by atomic mass is 10.1. The minimum Gasteiger partial charge on any atom is -0.461 e. The largest absolute Gasteiger partial charge is 0.461 e. The van der Waals surface area contributed by atoms with Gasteiger partial charge in [0.05, 0.1) is 6.61 Å². The van der Waals surface area contributed by atoms with Crippen LogP contribution in [0.5, 0.6) is 0 Å². The van der Waals surface area contributed by atoms with Gasteiger partial charge in [-0.1, -0.05) is 6.58 Å². The first-order valence-corrected chi connectivity index (χ1v) is 5.91. The van der Waals surface area contributed by atoms with Gasteiger partial charge in [-0.25, -0.2) is 9.59 Å². The van der Waals surface area contributed by atoms with Crippen LogP contribution in [0.4, 0.5) is 0 Å². The molecule has 0 spiro atoms. The fraction of sp³-hybridized carbons (Fsp3) is 0.667. The average molecular weight is 258 g/mol. The Labute approximate surface area is 105 Å². The molecule has 6 nitrogen and oxygen atoms in total. The molecule has 1 unspecified atom stereocenters. The Morgan fingerprint density at radius 3 is 2.89 bits per heavy atom. The van der Waals surface area contributed by atoms with Crippen molar-refractivity contribution < 1.29 is 29.3 Å². The van der Waals surface area contributed by atoms with Crippen LogP contribution in [-0.2, 0) is 19.1 Å². The third-order valence-corrected chi connectivity index (χ3v) is 2.65. The third kappa shape index (κ3) is 3.82. The summed E-state index contributed by atoms with van der Waals surface area (Å²) in [6.45, 7) is 3.63. The summed E-state index contributed by atoms with van der Waals surface area (Å²) in [5.74, 6) is -4.00. The Hall–Kier alpha value is -1.40. The second-order valence-electron chi connectivity index (χ2n) is 4.20. The third-order valence-electron chi connectivity index (χ3n) is 2.65. The molecule has 18 heavy (non-hydrogen) atoms. The summed E-state index contributed by atoms with van der Waals surface area (Å²) in [6.07, 6.45) is 1.79. The number of carbonyl (C=O) groups is 2. The van der Waals surface area contributed by atoms with Crippen molar-refractivity contribution in [1.29, 1.82) is 0 Å². The lowest BCUT2D eigenvalue weighted by molar-refractivity contribution is -0.223. The fourth-order valence-electron chi connectivity index (χ4n) is 1.56. The van der Waals surface area contributed by atoms with Crippen molar-refractivity contribution in [3.05, 3.63) is 12.2 Å². The van der Waals surface area contributed by atoms with E-state index in [0.717, 1.165) is 0 Å². The van der Waals surface area contributed by atoms with Gasteiger partial charge in [0.2, 0.25) is 0 Å². The molecule has 0 aromatic rings. The zero-order valence-corrected chi connectivity index (χ0v) is 10.2. The number of rotatable bonds is 5. The molecule has 1 fully saturated rings. The van der Waals surface area contributed by atoms with Gasteiger partial charge >= 0.3 is 17.7 Å².